The number of carbonyl (C=O) groups is 1. The molecule has 1 heterocycles. The van der Waals surface area contributed by atoms with Crippen LogP contribution in [0, 0.1) is 0 Å². The monoisotopic (exact) mass is 418 g/mol. The first-order chi connectivity index (χ1) is 15.1. The Labute approximate surface area is 180 Å². The molecule has 3 aromatic carbocycles. The molecule has 4 rings (SSSR count). The molecule has 0 amide bonds. The molecule has 0 aliphatic carbocycles. The lowest BCUT2D eigenvalue weighted by molar-refractivity contribution is 0.101. The van der Waals surface area contributed by atoms with Crippen LogP contribution in [0.25, 0.3) is 6.08 Å². The Balaban J connectivity index is 1.57. The second-order valence-electron chi connectivity index (χ2n) is 6.83. The number of hydrogen-bond donors (Lipinski definition) is 0. The van der Waals surface area contributed by atoms with Crippen molar-refractivity contribution in [3.05, 3.63) is 83.1 Å². The minimum Gasteiger partial charge on any atom is -0.493 e. The number of ketones is 1. The highest BCUT2D eigenvalue weighted by Gasteiger charge is 2.28. The van der Waals surface area contributed by atoms with Crippen molar-refractivity contribution < 1.29 is 28.5 Å². The Bertz CT molecular complexity index is 1110. The zero-order valence-corrected chi connectivity index (χ0v) is 17.5. The molecule has 0 N–H and O–H groups in total. The van der Waals surface area contributed by atoms with Crippen LogP contribution in [0.3, 0.4) is 0 Å². The van der Waals surface area contributed by atoms with Gasteiger partial charge >= 0.3 is 0 Å². The standard InChI is InChI=1S/C25H22O6/c1-27-22-12-17(13-23(28-2)25(22)29-3)11-21-24(26)19-10-9-18(14-20(19)31-21)30-15-16-7-5-4-6-8-16/h4-14H,15H2,1-3H3. The van der Waals surface area contributed by atoms with Gasteiger partial charge in [0.1, 0.15) is 18.1 Å². The average molecular weight is 418 g/mol. The van der Waals surface area contributed by atoms with Gasteiger partial charge in [-0.15, -0.1) is 0 Å². The van der Waals surface area contributed by atoms with E-state index in [9.17, 15) is 4.79 Å². The van der Waals surface area contributed by atoms with Crippen molar-refractivity contribution in [2.24, 2.45) is 0 Å². The van der Waals surface area contributed by atoms with E-state index in [1.54, 1.807) is 36.4 Å². The Hall–Kier alpha value is -3.93. The second-order valence-corrected chi connectivity index (χ2v) is 6.83. The van der Waals surface area contributed by atoms with E-state index in [1.165, 1.54) is 21.3 Å². The van der Waals surface area contributed by atoms with Crippen LogP contribution in [0.2, 0.25) is 0 Å². The normalized spacial score (nSPS) is 13.5. The molecule has 0 unspecified atom stereocenters. The van der Waals surface area contributed by atoms with E-state index >= 15 is 0 Å². The van der Waals surface area contributed by atoms with E-state index in [1.807, 2.05) is 30.3 Å². The fraction of sp³-hybridized carbons (Fsp3) is 0.160. The predicted octanol–water partition coefficient (Wildman–Crippen LogP) is 4.91. The third kappa shape index (κ3) is 4.19. The summed E-state index contributed by atoms with van der Waals surface area (Å²) in [6.45, 7) is 0.432. The van der Waals surface area contributed by atoms with Gasteiger partial charge < -0.3 is 23.7 Å². The minimum atomic E-state index is -0.196. The van der Waals surface area contributed by atoms with Crippen molar-refractivity contribution in [2.75, 3.05) is 21.3 Å². The minimum absolute atomic E-state index is 0.196. The number of Topliss-reactive ketones (excluding diaryl/α,β-unsaturated/α-hetero) is 1. The number of ether oxygens (including phenoxy) is 5. The molecule has 6 nitrogen and oxygen atoms in total. The van der Waals surface area contributed by atoms with Crippen molar-refractivity contribution in [3.8, 4) is 28.7 Å². The quantitative estimate of drug-likeness (QED) is 0.508. The SMILES string of the molecule is COc1cc(C=C2Oc3cc(OCc4ccccc4)ccc3C2=O)cc(OC)c1OC. The fourth-order valence-corrected chi connectivity index (χ4v) is 3.33. The summed E-state index contributed by atoms with van der Waals surface area (Å²) >= 11 is 0. The molecule has 0 spiro atoms. The van der Waals surface area contributed by atoms with Gasteiger partial charge in [0.2, 0.25) is 11.5 Å². The summed E-state index contributed by atoms with van der Waals surface area (Å²) in [7, 11) is 4.62. The number of carbonyl (C=O) groups excluding carboxylic acids is 1. The van der Waals surface area contributed by atoms with Crippen LogP contribution in [-0.4, -0.2) is 27.1 Å². The summed E-state index contributed by atoms with van der Waals surface area (Å²) in [5.41, 5.74) is 2.24. The summed E-state index contributed by atoms with van der Waals surface area (Å²) < 4.78 is 27.8. The molecule has 158 valence electrons. The van der Waals surface area contributed by atoms with Gasteiger partial charge in [-0.25, -0.2) is 0 Å². The molecule has 1 aliphatic heterocycles. The molecule has 31 heavy (non-hydrogen) atoms. The van der Waals surface area contributed by atoms with Crippen molar-refractivity contribution in [2.45, 2.75) is 6.61 Å². The van der Waals surface area contributed by atoms with Gasteiger partial charge in [-0.1, -0.05) is 30.3 Å². The lowest BCUT2D eigenvalue weighted by atomic mass is 10.1. The van der Waals surface area contributed by atoms with Crippen LogP contribution in [0.5, 0.6) is 28.7 Å². The van der Waals surface area contributed by atoms with Gasteiger partial charge in [0.25, 0.3) is 0 Å². The Kier molecular flexibility index (Phi) is 5.80. The van der Waals surface area contributed by atoms with Crippen molar-refractivity contribution in [1.82, 2.24) is 0 Å². The largest absolute Gasteiger partial charge is 0.493 e. The molecule has 0 fully saturated rings. The maximum Gasteiger partial charge on any atom is 0.231 e. The first kappa shape index (κ1) is 20.3. The van der Waals surface area contributed by atoms with Gasteiger partial charge in [0.05, 0.1) is 26.9 Å². The fourth-order valence-electron chi connectivity index (χ4n) is 3.33. The van der Waals surface area contributed by atoms with Crippen molar-refractivity contribution >= 4 is 11.9 Å². The first-order valence-corrected chi connectivity index (χ1v) is 9.68. The van der Waals surface area contributed by atoms with E-state index in [-0.39, 0.29) is 11.5 Å². The van der Waals surface area contributed by atoms with Crippen molar-refractivity contribution in [3.63, 3.8) is 0 Å². The Morgan fingerprint density at radius 1 is 0.871 bits per heavy atom. The van der Waals surface area contributed by atoms with Crippen LogP contribution >= 0.6 is 0 Å². The smallest absolute Gasteiger partial charge is 0.231 e. The molecule has 0 bridgehead atoms. The number of benzene rings is 3. The Morgan fingerprint density at radius 3 is 2.23 bits per heavy atom. The zero-order valence-electron chi connectivity index (χ0n) is 17.5. The molecule has 6 heteroatoms. The van der Waals surface area contributed by atoms with Gasteiger partial charge in [-0.3, -0.25) is 4.79 Å². The molecule has 3 aromatic rings. The maximum absolute atomic E-state index is 12.8. The van der Waals surface area contributed by atoms with Crippen LogP contribution in [0.1, 0.15) is 21.5 Å². The first-order valence-electron chi connectivity index (χ1n) is 9.68. The number of allylic oxidation sites excluding steroid dienone is 1. The topological polar surface area (TPSA) is 63.2 Å². The lowest BCUT2D eigenvalue weighted by Crippen LogP contribution is -1.99. The molecule has 0 saturated heterocycles. The molecule has 1 aliphatic rings. The molecular formula is C25H22O6. The highest BCUT2D eigenvalue weighted by Crippen LogP contribution is 2.40. The van der Waals surface area contributed by atoms with Crippen LogP contribution in [0.4, 0.5) is 0 Å². The van der Waals surface area contributed by atoms with E-state index in [2.05, 4.69) is 0 Å². The average Bonchev–Trinajstić information content (AvgIpc) is 3.12. The van der Waals surface area contributed by atoms with Gasteiger partial charge in [0.15, 0.2) is 17.3 Å². The van der Waals surface area contributed by atoms with Crippen LogP contribution in [0.15, 0.2) is 66.4 Å². The van der Waals surface area contributed by atoms with Gasteiger partial charge in [-0.2, -0.15) is 0 Å². The highest BCUT2D eigenvalue weighted by atomic mass is 16.5. The van der Waals surface area contributed by atoms with E-state index in [0.29, 0.717) is 46.5 Å². The molecule has 0 atom stereocenters. The third-order valence-corrected chi connectivity index (χ3v) is 4.87. The van der Waals surface area contributed by atoms with E-state index < -0.39 is 0 Å². The maximum atomic E-state index is 12.8. The molecular weight excluding hydrogens is 396 g/mol. The molecule has 0 saturated carbocycles. The highest BCUT2D eigenvalue weighted by molar-refractivity contribution is 6.14. The number of fused-ring (bicyclic) bond motifs is 1. The molecule has 0 radical (unpaired) electrons. The summed E-state index contributed by atoms with van der Waals surface area (Å²) in [6.07, 6.45) is 1.65. The molecule has 0 aromatic heterocycles. The summed E-state index contributed by atoms with van der Waals surface area (Å²) in [5, 5.41) is 0. The second kappa shape index (κ2) is 8.83. The van der Waals surface area contributed by atoms with Crippen LogP contribution in [-0.2, 0) is 6.61 Å². The number of rotatable bonds is 7. The summed E-state index contributed by atoms with van der Waals surface area (Å²) in [4.78, 5) is 12.8. The zero-order chi connectivity index (χ0) is 21.8. The third-order valence-electron chi connectivity index (χ3n) is 4.87. The van der Waals surface area contributed by atoms with E-state index in [0.717, 1.165) is 5.56 Å². The predicted molar refractivity (Wildman–Crippen MR) is 116 cm³/mol. The lowest BCUT2D eigenvalue weighted by Gasteiger charge is -2.13. The van der Waals surface area contributed by atoms with Crippen LogP contribution < -0.4 is 23.7 Å². The summed E-state index contributed by atoms with van der Waals surface area (Å²) in [6, 6.07) is 18.6. The van der Waals surface area contributed by atoms with E-state index in [4.69, 9.17) is 23.7 Å². The van der Waals surface area contributed by atoms with Crippen molar-refractivity contribution in [1.29, 1.82) is 0 Å². The number of methoxy groups -OCH3 is 3. The Morgan fingerprint density at radius 2 is 1.58 bits per heavy atom. The van der Waals surface area contributed by atoms with Gasteiger partial charge in [0, 0.05) is 6.07 Å². The number of hydrogen-bond acceptors (Lipinski definition) is 6. The van der Waals surface area contributed by atoms with Gasteiger partial charge in [-0.05, 0) is 41.5 Å². The summed E-state index contributed by atoms with van der Waals surface area (Å²) in [5.74, 6) is 2.58.